The van der Waals surface area contributed by atoms with Crippen LogP contribution >= 0.6 is 0 Å². The van der Waals surface area contributed by atoms with Gasteiger partial charge in [-0.15, -0.1) is 0 Å². The van der Waals surface area contributed by atoms with E-state index in [1.54, 1.807) is 0 Å². The molecule has 1 heteroatoms. The lowest BCUT2D eigenvalue weighted by atomic mass is 9.97. The maximum Gasteiger partial charge on any atom is 0.121 e. The minimum absolute atomic E-state index is 0.527. The first kappa shape index (κ1) is 12.1. The molecular formula is C14H22O. The Labute approximate surface area is 93.1 Å². The highest BCUT2D eigenvalue weighted by Crippen LogP contribution is 2.26. The van der Waals surface area contributed by atoms with E-state index in [0.29, 0.717) is 11.7 Å². The van der Waals surface area contributed by atoms with Gasteiger partial charge in [0, 0.05) is 0 Å². The van der Waals surface area contributed by atoms with Crippen LogP contribution < -0.4 is 0 Å². The third-order valence-electron chi connectivity index (χ3n) is 2.63. The quantitative estimate of drug-likeness (QED) is 0.773. The van der Waals surface area contributed by atoms with Crippen LogP contribution in [0.15, 0.2) is 18.2 Å². The molecule has 1 nitrogen and oxygen atoms in total. The first-order valence-corrected chi connectivity index (χ1v) is 5.94. The Balaban J connectivity index is 2.80. The summed E-state index contributed by atoms with van der Waals surface area (Å²) in [7, 11) is 0. The van der Waals surface area contributed by atoms with Crippen molar-refractivity contribution in [2.75, 3.05) is 0 Å². The number of phenolic OH excluding ortho intramolecular Hbond substituents is 1. The molecule has 0 saturated heterocycles. The van der Waals surface area contributed by atoms with Crippen LogP contribution in [-0.2, 0) is 12.8 Å². The highest BCUT2D eigenvalue weighted by Gasteiger charge is 2.07. The summed E-state index contributed by atoms with van der Waals surface area (Å²) in [5.74, 6) is 1.12. The van der Waals surface area contributed by atoms with Gasteiger partial charge in [0.25, 0.3) is 0 Å². The summed E-state index contributed by atoms with van der Waals surface area (Å²) in [5, 5.41) is 10.1. The molecule has 0 amide bonds. The molecule has 0 aliphatic rings. The maximum absolute atomic E-state index is 10.1. The molecule has 0 aromatic heterocycles. The smallest absolute Gasteiger partial charge is 0.121 e. The number of hydrogen-bond acceptors (Lipinski definition) is 1. The summed E-state index contributed by atoms with van der Waals surface area (Å²) in [6, 6.07) is 6.13. The van der Waals surface area contributed by atoms with Crippen LogP contribution in [0.2, 0.25) is 0 Å². The number of benzene rings is 1. The molecule has 1 aromatic rings. The Hall–Kier alpha value is -0.980. The van der Waals surface area contributed by atoms with E-state index in [0.717, 1.165) is 30.4 Å². The van der Waals surface area contributed by atoms with Crippen molar-refractivity contribution in [3.63, 3.8) is 0 Å². The molecule has 0 bridgehead atoms. The molecule has 0 spiro atoms. The van der Waals surface area contributed by atoms with E-state index >= 15 is 0 Å². The zero-order valence-electron chi connectivity index (χ0n) is 10.1. The lowest BCUT2D eigenvalue weighted by Gasteiger charge is -2.11. The lowest BCUT2D eigenvalue weighted by Crippen LogP contribution is -1.96. The first-order chi connectivity index (χ1) is 7.15. The summed E-state index contributed by atoms with van der Waals surface area (Å²) >= 11 is 0. The molecule has 0 radical (unpaired) electrons. The van der Waals surface area contributed by atoms with Gasteiger partial charge in [0.05, 0.1) is 0 Å². The fourth-order valence-corrected chi connectivity index (χ4v) is 1.82. The van der Waals surface area contributed by atoms with Crippen LogP contribution in [0.25, 0.3) is 0 Å². The van der Waals surface area contributed by atoms with Gasteiger partial charge in [0.1, 0.15) is 5.75 Å². The number of phenols is 1. The van der Waals surface area contributed by atoms with Crippen molar-refractivity contribution in [1.29, 1.82) is 0 Å². The normalized spacial score (nSPS) is 10.9. The zero-order chi connectivity index (χ0) is 11.3. The van der Waals surface area contributed by atoms with Gasteiger partial charge >= 0.3 is 0 Å². The van der Waals surface area contributed by atoms with Crippen molar-refractivity contribution >= 4 is 0 Å². The van der Waals surface area contributed by atoms with Gasteiger partial charge in [0.2, 0.25) is 0 Å². The molecular weight excluding hydrogens is 184 g/mol. The molecule has 1 rings (SSSR count). The van der Waals surface area contributed by atoms with Gasteiger partial charge in [-0.1, -0.05) is 45.4 Å². The average Bonchev–Trinajstić information content (AvgIpc) is 2.19. The molecule has 0 fully saturated rings. The second-order valence-corrected chi connectivity index (χ2v) is 4.63. The standard InChI is InChI=1S/C14H22O/c1-4-5-7-12-8-6-9-13(14(12)15)10-11(2)3/h6,8-9,11,15H,4-5,7,10H2,1-3H3. The summed E-state index contributed by atoms with van der Waals surface area (Å²) < 4.78 is 0. The highest BCUT2D eigenvalue weighted by molar-refractivity contribution is 5.40. The van der Waals surface area contributed by atoms with Gasteiger partial charge in [0.15, 0.2) is 0 Å². The van der Waals surface area contributed by atoms with E-state index in [2.05, 4.69) is 26.8 Å². The summed E-state index contributed by atoms with van der Waals surface area (Å²) in [4.78, 5) is 0. The molecule has 0 aliphatic carbocycles. The minimum atomic E-state index is 0.527. The summed E-state index contributed by atoms with van der Waals surface area (Å²) in [6.07, 6.45) is 4.28. The van der Waals surface area contributed by atoms with Crippen molar-refractivity contribution in [3.8, 4) is 5.75 Å². The van der Waals surface area contributed by atoms with Crippen LogP contribution in [0.5, 0.6) is 5.75 Å². The number of hydrogen-bond donors (Lipinski definition) is 1. The maximum atomic E-state index is 10.1. The topological polar surface area (TPSA) is 20.2 Å². The number of para-hydroxylation sites is 1. The monoisotopic (exact) mass is 206 g/mol. The molecule has 0 atom stereocenters. The second-order valence-electron chi connectivity index (χ2n) is 4.63. The Morgan fingerprint density at radius 1 is 1.20 bits per heavy atom. The minimum Gasteiger partial charge on any atom is -0.507 e. The molecule has 1 N–H and O–H groups in total. The van der Waals surface area contributed by atoms with Crippen LogP contribution in [0.4, 0.5) is 0 Å². The van der Waals surface area contributed by atoms with E-state index in [-0.39, 0.29) is 0 Å². The molecule has 1 aromatic carbocycles. The number of unbranched alkanes of at least 4 members (excludes halogenated alkanes) is 1. The van der Waals surface area contributed by atoms with Crippen molar-refractivity contribution < 1.29 is 5.11 Å². The Morgan fingerprint density at radius 2 is 1.87 bits per heavy atom. The van der Waals surface area contributed by atoms with Gasteiger partial charge in [-0.05, 0) is 36.3 Å². The van der Waals surface area contributed by atoms with Crippen molar-refractivity contribution in [2.24, 2.45) is 5.92 Å². The zero-order valence-corrected chi connectivity index (χ0v) is 10.1. The Bertz CT molecular complexity index is 302. The summed E-state index contributed by atoms with van der Waals surface area (Å²) in [5.41, 5.74) is 2.20. The van der Waals surface area contributed by atoms with E-state index in [9.17, 15) is 5.11 Å². The molecule has 84 valence electrons. The van der Waals surface area contributed by atoms with Crippen LogP contribution in [0.3, 0.4) is 0 Å². The van der Waals surface area contributed by atoms with Crippen molar-refractivity contribution in [3.05, 3.63) is 29.3 Å². The molecule has 15 heavy (non-hydrogen) atoms. The largest absolute Gasteiger partial charge is 0.507 e. The fraction of sp³-hybridized carbons (Fsp3) is 0.571. The predicted octanol–water partition coefficient (Wildman–Crippen LogP) is 3.93. The highest BCUT2D eigenvalue weighted by atomic mass is 16.3. The molecule has 0 heterocycles. The van der Waals surface area contributed by atoms with Crippen molar-refractivity contribution in [1.82, 2.24) is 0 Å². The van der Waals surface area contributed by atoms with Crippen LogP contribution in [0.1, 0.15) is 44.7 Å². The van der Waals surface area contributed by atoms with E-state index in [4.69, 9.17) is 0 Å². The number of rotatable bonds is 5. The average molecular weight is 206 g/mol. The van der Waals surface area contributed by atoms with E-state index < -0.39 is 0 Å². The van der Waals surface area contributed by atoms with Gasteiger partial charge in [-0.2, -0.15) is 0 Å². The predicted molar refractivity (Wildman–Crippen MR) is 65.3 cm³/mol. The molecule has 0 unspecified atom stereocenters. The lowest BCUT2D eigenvalue weighted by molar-refractivity contribution is 0.454. The third-order valence-corrected chi connectivity index (χ3v) is 2.63. The van der Waals surface area contributed by atoms with Crippen LogP contribution in [0, 0.1) is 5.92 Å². The third kappa shape index (κ3) is 3.58. The van der Waals surface area contributed by atoms with E-state index in [1.807, 2.05) is 12.1 Å². The molecule has 0 aliphatic heterocycles. The van der Waals surface area contributed by atoms with Gasteiger partial charge < -0.3 is 5.11 Å². The van der Waals surface area contributed by atoms with Gasteiger partial charge in [-0.25, -0.2) is 0 Å². The Kier molecular flexibility index (Phi) is 4.67. The molecule has 0 saturated carbocycles. The number of aryl methyl sites for hydroxylation is 1. The SMILES string of the molecule is CCCCc1cccc(CC(C)C)c1O. The first-order valence-electron chi connectivity index (χ1n) is 5.94. The second kappa shape index (κ2) is 5.79. The fourth-order valence-electron chi connectivity index (χ4n) is 1.82. The number of aromatic hydroxyl groups is 1. The van der Waals surface area contributed by atoms with Crippen LogP contribution in [-0.4, -0.2) is 5.11 Å². The van der Waals surface area contributed by atoms with Gasteiger partial charge in [-0.3, -0.25) is 0 Å². The summed E-state index contributed by atoms with van der Waals surface area (Å²) in [6.45, 7) is 6.53. The van der Waals surface area contributed by atoms with E-state index in [1.165, 1.54) is 6.42 Å². The van der Waals surface area contributed by atoms with Crippen molar-refractivity contribution in [2.45, 2.75) is 46.5 Å². The Morgan fingerprint density at radius 3 is 2.47 bits per heavy atom.